The predicted molar refractivity (Wildman–Crippen MR) is 100.0 cm³/mol. The van der Waals surface area contributed by atoms with Gasteiger partial charge in [-0.25, -0.2) is 9.97 Å². The number of nitrogens with zero attached hydrogens (tertiary/aromatic N) is 2. The number of thiazole rings is 1. The molecule has 1 aliphatic rings. The molecule has 2 heterocycles. The summed E-state index contributed by atoms with van der Waals surface area (Å²) in [7, 11) is 0. The molecule has 0 unspecified atom stereocenters. The molecule has 1 aromatic carbocycles. The molecule has 1 N–H and O–H groups in total. The smallest absolute Gasteiger partial charge is 0.236 e. The maximum Gasteiger partial charge on any atom is 0.236 e. The van der Waals surface area contributed by atoms with Crippen molar-refractivity contribution >= 4 is 45.0 Å². The van der Waals surface area contributed by atoms with E-state index in [2.05, 4.69) is 35.4 Å². The van der Waals surface area contributed by atoms with E-state index in [0.717, 1.165) is 22.5 Å². The summed E-state index contributed by atoms with van der Waals surface area (Å²) in [4.78, 5) is 20.9. The van der Waals surface area contributed by atoms with Crippen LogP contribution in [0.3, 0.4) is 0 Å². The Labute approximate surface area is 148 Å². The van der Waals surface area contributed by atoms with Gasteiger partial charge in [-0.2, -0.15) is 0 Å². The van der Waals surface area contributed by atoms with Gasteiger partial charge in [0.25, 0.3) is 0 Å². The maximum atomic E-state index is 12.0. The SMILES string of the molecule is Cc1cc2cc3c(cc2nc1SCC(=O)Nc1nccs1)CCC3. The Morgan fingerprint density at radius 1 is 1.29 bits per heavy atom. The second kappa shape index (κ2) is 6.53. The van der Waals surface area contributed by atoms with Gasteiger partial charge in [-0.15, -0.1) is 11.3 Å². The standard InChI is InChI=1S/C18H17N3OS2/c1-11-7-14-8-12-3-2-4-13(12)9-15(14)20-17(11)24-10-16(22)21-18-19-5-6-23-18/h5-9H,2-4,10H2,1H3,(H,19,21,22). The van der Waals surface area contributed by atoms with Gasteiger partial charge in [0.1, 0.15) is 5.03 Å². The fourth-order valence-corrected chi connectivity index (χ4v) is 4.39. The van der Waals surface area contributed by atoms with Gasteiger partial charge in [0, 0.05) is 17.0 Å². The van der Waals surface area contributed by atoms with Crippen LogP contribution in [0.5, 0.6) is 0 Å². The number of rotatable bonds is 4. The van der Waals surface area contributed by atoms with Crippen molar-refractivity contribution in [3.8, 4) is 0 Å². The van der Waals surface area contributed by atoms with Crippen LogP contribution in [0, 0.1) is 6.92 Å². The van der Waals surface area contributed by atoms with Gasteiger partial charge < -0.3 is 5.32 Å². The summed E-state index contributed by atoms with van der Waals surface area (Å²) in [5.41, 5.74) is 5.04. The minimum Gasteiger partial charge on any atom is -0.301 e. The van der Waals surface area contributed by atoms with Crippen LogP contribution in [0.15, 0.2) is 34.8 Å². The quantitative estimate of drug-likeness (QED) is 0.712. The van der Waals surface area contributed by atoms with Gasteiger partial charge in [0.15, 0.2) is 5.13 Å². The summed E-state index contributed by atoms with van der Waals surface area (Å²) >= 11 is 2.90. The molecule has 3 aromatic rings. The average Bonchev–Trinajstić information content (AvgIpc) is 3.22. The number of hydrogen-bond acceptors (Lipinski definition) is 5. The largest absolute Gasteiger partial charge is 0.301 e. The van der Waals surface area contributed by atoms with E-state index >= 15 is 0 Å². The van der Waals surface area contributed by atoms with E-state index < -0.39 is 0 Å². The second-order valence-electron chi connectivity index (χ2n) is 5.95. The molecule has 122 valence electrons. The van der Waals surface area contributed by atoms with Crippen LogP contribution in [-0.2, 0) is 17.6 Å². The van der Waals surface area contributed by atoms with Crippen LogP contribution >= 0.6 is 23.1 Å². The van der Waals surface area contributed by atoms with Gasteiger partial charge in [-0.05, 0) is 61.1 Å². The molecular weight excluding hydrogens is 338 g/mol. The lowest BCUT2D eigenvalue weighted by Crippen LogP contribution is -2.14. The Kier molecular flexibility index (Phi) is 4.24. The molecule has 1 aliphatic carbocycles. The van der Waals surface area contributed by atoms with Crippen molar-refractivity contribution in [3.63, 3.8) is 0 Å². The number of anilines is 1. The van der Waals surface area contributed by atoms with Crippen LogP contribution < -0.4 is 5.32 Å². The molecule has 4 nitrogen and oxygen atoms in total. The summed E-state index contributed by atoms with van der Waals surface area (Å²) in [6.07, 6.45) is 5.25. The van der Waals surface area contributed by atoms with Crippen molar-refractivity contribution in [2.45, 2.75) is 31.2 Å². The Morgan fingerprint density at radius 3 is 2.92 bits per heavy atom. The molecule has 2 aromatic heterocycles. The lowest BCUT2D eigenvalue weighted by atomic mass is 10.1. The van der Waals surface area contributed by atoms with Crippen molar-refractivity contribution < 1.29 is 4.79 Å². The summed E-state index contributed by atoms with van der Waals surface area (Å²) < 4.78 is 0. The van der Waals surface area contributed by atoms with Crippen LogP contribution in [0.2, 0.25) is 0 Å². The first-order chi connectivity index (χ1) is 11.7. The van der Waals surface area contributed by atoms with Crippen LogP contribution in [0.4, 0.5) is 5.13 Å². The zero-order chi connectivity index (χ0) is 16.5. The molecule has 0 saturated heterocycles. The van der Waals surface area contributed by atoms with E-state index in [9.17, 15) is 4.79 Å². The molecule has 0 atom stereocenters. The van der Waals surface area contributed by atoms with Gasteiger partial charge in [-0.3, -0.25) is 4.79 Å². The number of fused-ring (bicyclic) bond motifs is 2. The van der Waals surface area contributed by atoms with Gasteiger partial charge >= 0.3 is 0 Å². The second-order valence-corrected chi connectivity index (χ2v) is 7.81. The van der Waals surface area contributed by atoms with Crippen molar-refractivity contribution in [1.82, 2.24) is 9.97 Å². The van der Waals surface area contributed by atoms with Gasteiger partial charge in [0.2, 0.25) is 5.91 Å². The number of hydrogen-bond donors (Lipinski definition) is 1. The number of carbonyl (C=O) groups excluding carboxylic acids is 1. The predicted octanol–water partition coefficient (Wildman–Crippen LogP) is 4.22. The Morgan fingerprint density at radius 2 is 2.12 bits per heavy atom. The highest BCUT2D eigenvalue weighted by molar-refractivity contribution is 8.00. The Hall–Kier alpha value is -1.92. The molecule has 0 bridgehead atoms. The molecule has 0 fully saturated rings. The fourth-order valence-electron chi connectivity index (χ4n) is 3.06. The Bertz CT molecular complexity index is 906. The number of benzene rings is 1. The highest BCUT2D eigenvalue weighted by atomic mass is 32.2. The van der Waals surface area contributed by atoms with Crippen LogP contribution in [0.1, 0.15) is 23.1 Å². The molecular formula is C18H17N3OS2. The fraction of sp³-hybridized carbons (Fsp3) is 0.278. The van der Waals surface area contributed by atoms with Gasteiger partial charge in [-0.1, -0.05) is 11.8 Å². The van der Waals surface area contributed by atoms with E-state index in [4.69, 9.17) is 4.98 Å². The van der Waals surface area contributed by atoms with Gasteiger partial charge in [0.05, 0.1) is 11.3 Å². The normalized spacial score (nSPS) is 13.2. The number of amides is 1. The van der Waals surface area contributed by atoms with E-state index in [-0.39, 0.29) is 5.91 Å². The third kappa shape index (κ3) is 3.16. The third-order valence-corrected chi connectivity index (χ3v) is 5.97. The van der Waals surface area contributed by atoms with Crippen LogP contribution in [0.25, 0.3) is 10.9 Å². The summed E-state index contributed by atoms with van der Waals surface area (Å²) in [5.74, 6) is 0.286. The Balaban J connectivity index is 1.52. The summed E-state index contributed by atoms with van der Waals surface area (Å²) in [6.45, 7) is 2.06. The van der Waals surface area contributed by atoms with Crippen molar-refractivity contribution in [3.05, 3.63) is 46.5 Å². The van der Waals surface area contributed by atoms with E-state index in [1.165, 1.54) is 52.5 Å². The number of aryl methyl sites for hydroxylation is 3. The number of nitrogens with one attached hydrogen (secondary N) is 1. The number of aromatic nitrogens is 2. The average molecular weight is 355 g/mol. The van der Waals surface area contributed by atoms with Crippen molar-refractivity contribution in [1.29, 1.82) is 0 Å². The van der Waals surface area contributed by atoms with E-state index in [0.29, 0.717) is 10.9 Å². The third-order valence-electron chi connectivity index (χ3n) is 4.19. The highest BCUT2D eigenvalue weighted by Crippen LogP contribution is 2.30. The highest BCUT2D eigenvalue weighted by Gasteiger charge is 2.14. The zero-order valence-electron chi connectivity index (χ0n) is 13.3. The molecule has 1 amide bonds. The molecule has 4 rings (SSSR count). The molecule has 0 aliphatic heterocycles. The minimum atomic E-state index is -0.0507. The maximum absolute atomic E-state index is 12.0. The molecule has 0 spiro atoms. The number of carbonyl (C=O) groups is 1. The first kappa shape index (κ1) is 15.6. The first-order valence-electron chi connectivity index (χ1n) is 7.94. The van der Waals surface area contributed by atoms with E-state index in [1.54, 1.807) is 6.20 Å². The van der Waals surface area contributed by atoms with Crippen molar-refractivity contribution in [2.75, 3.05) is 11.1 Å². The van der Waals surface area contributed by atoms with E-state index in [1.807, 2.05) is 5.38 Å². The van der Waals surface area contributed by atoms with Crippen molar-refractivity contribution in [2.24, 2.45) is 0 Å². The molecule has 24 heavy (non-hydrogen) atoms. The monoisotopic (exact) mass is 355 g/mol. The zero-order valence-corrected chi connectivity index (χ0v) is 15.0. The molecule has 0 saturated carbocycles. The lowest BCUT2D eigenvalue weighted by molar-refractivity contribution is -0.113. The summed E-state index contributed by atoms with van der Waals surface area (Å²) in [6, 6.07) is 6.68. The van der Waals surface area contributed by atoms with Crippen LogP contribution in [-0.4, -0.2) is 21.6 Å². The number of pyridine rings is 1. The number of thioether (sulfide) groups is 1. The minimum absolute atomic E-state index is 0.0507. The molecule has 0 radical (unpaired) electrons. The summed E-state index contributed by atoms with van der Waals surface area (Å²) in [5, 5.41) is 7.41. The molecule has 6 heteroatoms. The topological polar surface area (TPSA) is 54.9 Å². The lowest BCUT2D eigenvalue weighted by Gasteiger charge is -2.09. The first-order valence-corrected chi connectivity index (χ1v) is 9.81.